The molecule has 0 saturated heterocycles. The highest BCUT2D eigenvalue weighted by molar-refractivity contribution is 5.73. The number of rotatable bonds is 3. The van der Waals surface area contributed by atoms with Gasteiger partial charge in [0.25, 0.3) is 0 Å². The number of halogens is 1. The Bertz CT molecular complexity index is 353. The van der Waals surface area contributed by atoms with Gasteiger partial charge in [0.2, 0.25) is 0 Å². The quantitative estimate of drug-likeness (QED) is 0.705. The summed E-state index contributed by atoms with van der Waals surface area (Å²) in [7, 11) is 0. The summed E-state index contributed by atoms with van der Waals surface area (Å²) in [4.78, 5) is 11.5. The summed E-state index contributed by atoms with van der Waals surface area (Å²) >= 11 is 0. The summed E-state index contributed by atoms with van der Waals surface area (Å²) < 4.78 is 18.0. The number of carbonyl (C=O) groups excluding carboxylic acids is 1. The Balaban J connectivity index is 1.84. The van der Waals surface area contributed by atoms with Crippen molar-refractivity contribution in [3.63, 3.8) is 0 Å². The molecule has 1 fully saturated rings. The van der Waals surface area contributed by atoms with Crippen LogP contribution < -0.4 is 0 Å². The van der Waals surface area contributed by atoms with E-state index in [1.807, 2.05) is 19.9 Å². The predicted molar refractivity (Wildman–Crippen MR) is 63.8 cm³/mol. The molecule has 0 aliphatic heterocycles. The second kappa shape index (κ2) is 5.03. The van der Waals surface area contributed by atoms with Crippen molar-refractivity contribution in [3.8, 4) is 0 Å². The van der Waals surface area contributed by atoms with Gasteiger partial charge in [-0.15, -0.1) is 0 Å². The van der Waals surface area contributed by atoms with Gasteiger partial charge in [-0.25, -0.2) is 4.39 Å². The van der Waals surface area contributed by atoms with Gasteiger partial charge in [0.05, 0.1) is 12.5 Å². The van der Waals surface area contributed by atoms with Crippen molar-refractivity contribution in [2.45, 2.75) is 26.7 Å². The predicted octanol–water partition coefficient (Wildman–Crippen LogP) is 3.25. The summed E-state index contributed by atoms with van der Waals surface area (Å²) in [6.07, 6.45) is 6.93. The molecule has 2 aliphatic rings. The fourth-order valence-corrected chi connectivity index (χ4v) is 2.81. The van der Waals surface area contributed by atoms with E-state index in [1.165, 1.54) is 0 Å². The number of esters is 1. The van der Waals surface area contributed by atoms with Crippen molar-refractivity contribution < 1.29 is 13.9 Å². The van der Waals surface area contributed by atoms with E-state index in [2.05, 4.69) is 0 Å². The van der Waals surface area contributed by atoms with E-state index in [0.29, 0.717) is 18.4 Å². The first-order valence-corrected chi connectivity index (χ1v) is 6.34. The number of allylic oxidation sites excluding steroid dienone is 4. The highest BCUT2D eigenvalue weighted by atomic mass is 19.1. The Morgan fingerprint density at radius 3 is 2.82 bits per heavy atom. The third-order valence-electron chi connectivity index (χ3n) is 3.85. The second-order valence-electron chi connectivity index (χ2n) is 5.03. The molecule has 1 saturated carbocycles. The van der Waals surface area contributed by atoms with E-state index in [4.69, 9.17) is 4.74 Å². The van der Waals surface area contributed by atoms with E-state index in [0.717, 1.165) is 12.8 Å². The van der Waals surface area contributed by atoms with E-state index < -0.39 is 0 Å². The molecule has 2 unspecified atom stereocenters. The van der Waals surface area contributed by atoms with Gasteiger partial charge < -0.3 is 4.74 Å². The summed E-state index contributed by atoms with van der Waals surface area (Å²) in [5.41, 5.74) is 0. The lowest BCUT2D eigenvalue weighted by Crippen LogP contribution is -2.37. The van der Waals surface area contributed by atoms with Crippen LogP contribution in [-0.4, -0.2) is 12.6 Å². The van der Waals surface area contributed by atoms with Gasteiger partial charge in [-0.2, -0.15) is 0 Å². The molecule has 0 heterocycles. The molecule has 0 radical (unpaired) electrons. The Hall–Kier alpha value is -1.12. The highest BCUT2D eigenvalue weighted by Gasteiger charge is 2.40. The van der Waals surface area contributed by atoms with Crippen LogP contribution in [0.4, 0.5) is 4.39 Å². The molecule has 0 aromatic heterocycles. The average Bonchev–Trinajstić information content (AvgIpc) is 2.19. The van der Waals surface area contributed by atoms with E-state index in [9.17, 15) is 9.18 Å². The standard InChI is InChI=1S/C14H19FO2/c1-3-17-14(16)11-7-10(8-11)13-5-4-12(15)6-9(13)2/h4-6,9-11,13H,3,7-8H2,1-2H3. The maximum absolute atomic E-state index is 13.0. The zero-order chi connectivity index (χ0) is 12.4. The van der Waals surface area contributed by atoms with Crippen molar-refractivity contribution >= 4 is 5.97 Å². The normalized spacial score (nSPS) is 36.1. The van der Waals surface area contributed by atoms with Crippen LogP contribution in [-0.2, 0) is 9.53 Å². The van der Waals surface area contributed by atoms with Gasteiger partial charge in [-0.3, -0.25) is 4.79 Å². The monoisotopic (exact) mass is 238 g/mol. The SMILES string of the molecule is CCOC(=O)C1CC(C2C=CC(F)=CC2C)C1. The zero-order valence-corrected chi connectivity index (χ0v) is 10.4. The fourth-order valence-electron chi connectivity index (χ4n) is 2.81. The third-order valence-corrected chi connectivity index (χ3v) is 3.85. The molecular weight excluding hydrogens is 219 g/mol. The topological polar surface area (TPSA) is 26.3 Å². The van der Waals surface area contributed by atoms with Crippen molar-refractivity contribution in [1.82, 2.24) is 0 Å². The first-order chi connectivity index (χ1) is 8.11. The van der Waals surface area contributed by atoms with Gasteiger partial charge in [-0.05, 0) is 49.7 Å². The van der Waals surface area contributed by atoms with Crippen molar-refractivity contribution in [2.75, 3.05) is 6.61 Å². The van der Waals surface area contributed by atoms with Crippen LogP contribution in [0.1, 0.15) is 26.7 Å². The number of hydrogen-bond donors (Lipinski definition) is 0. The lowest BCUT2D eigenvalue weighted by Gasteiger charge is -2.40. The van der Waals surface area contributed by atoms with Gasteiger partial charge in [-0.1, -0.05) is 13.0 Å². The van der Waals surface area contributed by atoms with E-state index in [-0.39, 0.29) is 23.6 Å². The Kier molecular flexibility index (Phi) is 3.65. The highest BCUT2D eigenvalue weighted by Crippen LogP contribution is 2.44. The average molecular weight is 238 g/mol. The van der Waals surface area contributed by atoms with E-state index in [1.54, 1.807) is 12.2 Å². The van der Waals surface area contributed by atoms with Gasteiger partial charge >= 0.3 is 5.97 Å². The molecule has 2 atom stereocenters. The number of hydrogen-bond acceptors (Lipinski definition) is 2. The lowest BCUT2D eigenvalue weighted by atomic mass is 9.64. The molecule has 2 nitrogen and oxygen atoms in total. The van der Waals surface area contributed by atoms with Crippen molar-refractivity contribution in [1.29, 1.82) is 0 Å². The molecule has 0 aromatic rings. The zero-order valence-electron chi connectivity index (χ0n) is 10.4. The van der Waals surface area contributed by atoms with Gasteiger partial charge in [0.1, 0.15) is 5.83 Å². The molecule has 3 heteroatoms. The summed E-state index contributed by atoms with van der Waals surface area (Å²) in [5, 5.41) is 0. The van der Waals surface area contributed by atoms with Crippen LogP contribution in [0.15, 0.2) is 24.1 Å². The maximum atomic E-state index is 13.0. The van der Waals surface area contributed by atoms with Crippen LogP contribution in [0.5, 0.6) is 0 Å². The van der Waals surface area contributed by atoms with Crippen LogP contribution in [0, 0.1) is 23.7 Å². The molecule has 0 amide bonds. The van der Waals surface area contributed by atoms with Gasteiger partial charge in [0.15, 0.2) is 0 Å². The molecular formula is C14H19FO2. The van der Waals surface area contributed by atoms with Crippen molar-refractivity contribution in [2.24, 2.45) is 23.7 Å². The largest absolute Gasteiger partial charge is 0.466 e. The molecule has 0 N–H and O–H groups in total. The van der Waals surface area contributed by atoms with Crippen LogP contribution in [0.2, 0.25) is 0 Å². The number of ether oxygens (including phenoxy) is 1. The number of carbonyl (C=O) groups is 1. The molecule has 0 bridgehead atoms. The summed E-state index contributed by atoms with van der Waals surface area (Å²) in [6, 6.07) is 0. The van der Waals surface area contributed by atoms with Crippen LogP contribution in [0.25, 0.3) is 0 Å². The minimum Gasteiger partial charge on any atom is -0.466 e. The Labute approximate surface area is 102 Å². The van der Waals surface area contributed by atoms with Crippen LogP contribution >= 0.6 is 0 Å². The molecule has 0 spiro atoms. The second-order valence-corrected chi connectivity index (χ2v) is 5.03. The Morgan fingerprint density at radius 2 is 2.24 bits per heavy atom. The molecule has 17 heavy (non-hydrogen) atoms. The summed E-state index contributed by atoms with van der Waals surface area (Å²) in [6.45, 7) is 4.31. The third kappa shape index (κ3) is 2.59. The molecule has 2 aliphatic carbocycles. The van der Waals surface area contributed by atoms with Gasteiger partial charge in [0, 0.05) is 0 Å². The molecule has 94 valence electrons. The van der Waals surface area contributed by atoms with E-state index >= 15 is 0 Å². The smallest absolute Gasteiger partial charge is 0.308 e. The minimum absolute atomic E-state index is 0.0660. The molecule has 0 aromatic carbocycles. The van der Waals surface area contributed by atoms with Crippen LogP contribution in [0.3, 0.4) is 0 Å². The molecule has 2 rings (SSSR count). The minimum atomic E-state index is -0.144. The lowest BCUT2D eigenvalue weighted by molar-refractivity contribution is -0.153. The van der Waals surface area contributed by atoms with Crippen molar-refractivity contribution in [3.05, 3.63) is 24.1 Å². The fraction of sp³-hybridized carbons (Fsp3) is 0.643. The Morgan fingerprint density at radius 1 is 1.53 bits per heavy atom. The first kappa shape index (κ1) is 12.3. The maximum Gasteiger partial charge on any atom is 0.308 e. The summed E-state index contributed by atoms with van der Waals surface area (Å²) in [5.74, 6) is 0.956. The first-order valence-electron chi connectivity index (χ1n) is 6.34.